The number of fused-ring (bicyclic) bond motifs is 2. The molecule has 5 rings (SSSR count). The molecule has 0 aliphatic rings. The fraction of sp³-hybridized carbons (Fsp3) is 0.107. The van der Waals surface area contributed by atoms with Crippen LogP contribution >= 0.6 is 11.3 Å². The maximum absolute atomic E-state index is 13.3. The van der Waals surface area contributed by atoms with Crippen LogP contribution in [0.4, 0.5) is 5.69 Å². The van der Waals surface area contributed by atoms with Gasteiger partial charge in [-0.15, -0.1) is 11.3 Å². The van der Waals surface area contributed by atoms with Crippen molar-refractivity contribution in [2.45, 2.75) is 19.4 Å². The minimum absolute atomic E-state index is 0.353. The van der Waals surface area contributed by atoms with Crippen molar-refractivity contribution in [2.24, 2.45) is 0 Å². The van der Waals surface area contributed by atoms with Gasteiger partial charge in [-0.1, -0.05) is 67.6 Å². The van der Waals surface area contributed by atoms with Gasteiger partial charge < -0.3 is 10.1 Å². The van der Waals surface area contributed by atoms with Crippen LogP contribution in [-0.2, 0) is 9.53 Å². The Morgan fingerprint density at radius 1 is 0.912 bits per heavy atom. The van der Waals surface area contributed by atoms with Gasteiger partial charge in [-0.3, -0.25) is 4.79 Å². The molecule has 6 heteroatoms. The van der Waals surface area contributed by atoms with Crippen molar-refractivity contribution in [3.8, 4) is 10.6 Å². The van der Waals surface area contributed by atoms with Gasteiger partial charge in [0.1, 0.15) is 5.01 Å². The van der Waals surface area contributed by atoms with Gasteiger partial charge in [-0.25, -0.2) is 9.78 Å². The molecule has 0 radical (unpaired) electrons. The van der Waals surface area contributed by atoms with Crippen LogP contribution in [0.3, 0.4) is 0 Å². The van der Waals surface area contributed by atoms with Crippen molar-refractivity contribution in [3.05, 3.63) is 96.6 Å². The highest BCUT2D eigenvalue weighted by Crippen LogP contribution is 2.36. The van der Waals surface area contributed by atoms with E-state index in [-0.39, 0.29) is 5.91 Å². The summed E-state index contributed by atoms with van der Waals surface area (Å²) in [4.78, 5) is 30.9. The Labute approximate surface area is 201 Å². The van der Waals surface area contributed by atoms with Crippen LogP contribution in [0.25, 0.3) is 31.6 Å². The summed E-state index contributed by atoms with van der Waals surface area (Å²) in [5, 5.41) is 5.33. The summed E-state index contributed by atoms with van der Waals surface area (Å²) < 4.78 is 6.79. The lowest BCUT2D eigenvalue weighted by Crippen LogP contribution is -2.32. The lowest BCUT2D eigenvalue weighted by Gasteiger charge is -2.17. The van der Waals surface area contributed by atoms with Crippen molar-refractivity contribution in [3.63, 3.8) is 0 Å². The van der Waals surface area contributed by atoms with Gasteiger partial charge in [-0.2, -0.15) is 0 Å². The molecule has 0 aliphatic heterocycles. The van der Waals surface area contributed by atoms with E-state index in [1.54, 1.807) is 29.5 Å². The van der Waals surface area contributed by atoms with Gasteiger partial charge in [0.15, 0.2) is 6.10 Å². The predicted molar refractivity (Wildman–Crippen MR) is 137 cm³/mol. The highest BCUT2D eigenvalue weighted by Gasteiger charge is 2.24. The topological polar surface area (TPSA) is 68.3 Å². The summed E-state index contributed by atoms with van der Waals surface area (Å²) in [6, 6.07) is 28.5. The lowest BCUT2D eigenvalue weighted by molar-refractivity contribution is -0.124. The van der Waals surface area contributed by atoms with E-state index in [0.717, 1.165) is 31.6 Å². The van der Waals surface area contributed by atoms with Crippen LogP contribution in [-0.4, -0.2) is 23.0 Å². The maximum Gasteiger partial charge on any atom is 0.339 e. The number of esters is 1. The molecule has 1 aromatic heterocycles. The number of benzene rings is 4. The fourth-order valence-electron chi connectivity index (χ4n) is 3.94. The second-order valence-corrected chi connectivity index (χ2v) is 8.88. The van der Waals surface area contributed by atoms with E-state index >= 15 is 0 Å². The summed E-state index contributed by atoms with van der Waals surface area (Å²) >= 11 is 1.58. The molecule has 1 atom stereocenters. The van der Waals surface area contributed by atoms with Crippen molar-refractivity contribution in [1.29, 1.82) is 0 Å². The third kappa shape index (κ3) is 4.28. The monoisotopic (exact) mass is 466 g/mol. The first-order valence-corrected chi connectivity index (χ1v) is 11.9. The van der Waals surface area contributed by atoms with Crippen LogP contribution in [0, 0.1) is 0 Å². The Bertz CT molecular complexity index is 1460. The lowest BCUT2D eigenvalue weighted by atomic mass is 9.99. The second-order valence-electron chi connectivity index (χ2n) is 7.85. The maximum atomic E-state index is 13.3. The zero-order valence-electron chi connectivity index (χ0n) is 18.5. The summed E-state index contributed by atoms with van der Waals surface area (Å²) in [5.74, 6) is -0.886. The van der Waals surface area contributed by atoms with E-state index in [9.17, 15) is 9.59 Å². The number of hydrogen-bond acceptors (Lipinski definition) is 5. The van der Waals surface area contributed by atoms with Crippen molar-refractivity contribution in [1.82, 2.24) is 4.98 Å². The minimum Gasteiger partial charge on any atom is -0.449 e. The van der Waals surface area contributed by atoms with E-state index in [0.29, 0.717) is 17.7 Å². The number of hydrogen-bond donors (Lipinski definition) is 1. The molecule has 1 amide bonds. The van der Waals surface area contributed by atoms with Crippen LogP contribution in [0.1, 0.15) is 23.7 Å². The van der Waals surface area contributed by atoms with E-state index in [1.165, 1.54) is 0 Å². The van der Waals surface area contributed by atoms with E-state index in [2.05, 4.69) is 5.32 Å². The zero-order chi connectivity index (χ0) is 23.5. The first-order chi connectivity index (χ1) is 16.6. The summed E-state index contributed by atoms with van der Waals surface area (Å²) in [5.41, 5.74) is 2.86. The molecule has 1 unspecified atom stereocenters. The van der Waals surface area contributed by atoms with Crippen molar-refractivity contribution < 1.29 is 14.3 Å². The largest absolute Gasteiger partial charge is 0.449 e. The average molecular weight is 467 g/mol. The van der Waals surface area contributed by atoms with Gasteiger partial charge in [0, 0.05) is 16.6 Å². The number of aromatic nitrogens is 1. The molecule has 0 saturated heterocycles. The van der Waals surface area contributed by atoms with Gasteiger partial charge in [0.05, 0.1) is 15.8 Å². The molecular formula is C28H22N2O3S. The van der Waals surface area contributed by atoms with Crippen molar-refractivity contribution in [2.75, 3.05) is 5.32 Å². The SMILES string of the molecule is CCC(OC(=O)c1cccc2cccc(-c3nc4ccccc4s3)c12)C(=O)Nc1ccccc1. The van der Waals surface area contributed by atoms with E-state index in [4.69, 9.17) is 9.72 Å². The van der Waals surface area contributed by atoms with Gasteiger partial charge in [-0.05, 0) is 42.1 Å². The van der Waals surface area contributed by atoms with Crippen molar-refractivity contribution >= 4 is 49.9 Å². The van der Waals surface area contributed by atoms with Crippen LogP contribution in [0.5, 0.6) is 0 Å². The first-order valence-electron chi connectivity index (χ1n) is 11.1. The summed E-state index contributed by atoms with van der Waals surface area (Å²) in [6.07, 6.45) is -0.544. The number of carbonyl (C=O) groups is 2. The predicted octanol–water partition coefficient (Wildman–Crippen LogP) is 6.69. The number of carbonyl (C=O) groups excluding carboxylic acids is 2. The molecule has 5 aromatic rings. The van der Waals surface area contributed by atoms with E-state index < -0.39 is 12.1 Å². The molecule has 0 bridgehead atoms. The number of nitrogens with zero attached hydrogens (tertiary/aromatic N) is 1. The molecule has 1 N–H and O–H groups in total. The Kier molecular flexibility index (Phi) is 6.06. The van der Waals surface area contributed by atoms with E-state index in [1.807, 2.05) is 79.7 Å². The average Bonchev–Trinajstić information content (AvgIpc) is 3.31. The second kappa shape index (κ2) is 9.45. The van der Waals surface area contributed by atoms with Crippen LogP contribution < -0.4 is 5.32 Å². The highest BCUT2D eigenvalue weighted by molar-refractivity contribution is 7.21. The number of para-hydroxylation sites is 2. The summed E-state index contributed by atoms with van der Waals surface area (Å²) in [6.45, 7) is 1.82. The number of ether oxygens (including phenoxy) is 1. The number of anilines is 1. The molecular weight excluding hydrogens is 444 g/mol. The third-order valence-corrected chi connectivity index (χ3v) is 6.67. The van der Waals surface area contributed by atoms with Gasteiger partial charge in [0.25, 0.3) is 5.91 Å². The molecule has 4 aromatic carbocycles. The zero-order valence-corrected chi connectivity index (χ0v) is 19.3. The fourth-order valence-corrected chi connectivity index (χ4v) is 4.93. The first kappa shape index (κ1) is 21.8. The normalized spacial score (nSPS) is 11.9. The van der Waals surface area contributed by atoms with Crippen LogP contribution in [0.15, 0.2) is 91.0 Å². The standard InChI is InChI=1S/C28H22N2O3S/c1-2-23(26(31)29-19-12-4-3-5-13-19)33-28(32)21-15-9-11-18-10-8-14-20(25(18)21)27-30-22-16-6-7-17-24(22)34-27/h3-17,23H,2H2,1H3,(H,29,31). The molecule has 168 valence electrons. The number of nitrogens with one attached hydrogen (secondary N) is 1. The molecule has 0 spiro atoms. The van der Waals surface area contributed by atoms with Gasteiger partial charge in [0.2, 0.25) is 0 Å². The Morgan fingerprint density at radius 3 is 2.41 bits per heavy atom. The highest BCUT2D eigenvalue weighted by atomic mass is 32.1. The number of rotatable bonds is 6. The van der Waals surface area contributed by atoms with Gasteiger partial charge >= 0.3 is 5.97 Å². The Morgan fingerprint density at radius 2 is 1.65 bits per heavy atom. The number of amides is 1. The molecule has 5 nitrogen and oxygen atoms in total. The molecule has 34 heavy (non-hydrogen) atoms. The summed E-state index contributed by atoms with van der Waals surface area (Å²) in [7, 11) is 0. The minimum atomic E-state index is -0.905. The molecule has 0 aliphatic carbocycles. The Balaban J connectivity index is 1.49. The smallest absolute Gasteiger partial charge is 0.339 e. The quantitative estimate of drug-likeness (QED) is 0.283. The molecule has 0 fully saturated rings. The molecule has 0 saturated carbocycles. The Hall–Kier alpha value is -4.03. The third-order valence-electron chi connectivity index (χ3n) is 5.60. The number of thiazole rings is 1. The van der Waals surface area contributed by atoms with Crippen LogP contribution in [0.2, 0.25) is 0 Å². The molecule has 1 heterocycles.